The Kier molecular flexibility index (Phi) is 4.90. The molecule has 0 radical (unpaired) electrons. The van der Waals surface area contributed by atoms with E-state index in [1.165, 1.54) is 0 Å². The number of hydrogen-bond acceptors (Lipinski definition) is 5. The fraction of sp³-hybridized carbons (Fsp3) is 0.200. The van der Waals surface area contributed by atoms with Crippen LogP contribution in [0.25, 0.3) is 6.08 Å². The van der Waals surface area contributed by atoms with Crippen LogP contribution in [0, 0.1) is 0 Å². The van der Waals surface area contributed by atoms with Crippen molar-refractivity contribution in [1.82, 2.24) is 0 Å². The molecule has 0 aliphatic carbocycles. The quantitative estimate of drug-likeness (QED) is 0.725. The van der Waals surface area contributed by atoms with Crippen molar-refractivity contribution in [2.45, 2.75) is 30.5 Å². The summed E-state index contributed by atoms with van der Waals surface area (Å²) in [6.07, 6.45) is -3.15. The molecule has 2 aromatic carbocycles. The Morgan fingerprint density at radius 1 is 1.19 bits per heavy atom. The predicted molar refractivity (Wildman–Crippen MR) is 107 cm³/mol. The van der Waals surface area contributed by atoms with Crippen molar-refractivity contribution < 1.29 is 31.1 Å². The first-order valence-corrected chi connectivity index (χ1v) is 10.6. The van der Waals surface area contributed by atoms with Crippen LogP contribution >= 0.6 is 0 Å². The summed E-state index contributed by atoms with van der Waals surface area (Å²) < 4.78 is 69.1. The molecule has 2 aromatic rings. The smallest absolute Gasteiger partial charge is 0.435 e. The molecule has 0 fully saturated rings. The van der Waals surface area contributed by atoms with Crippen LogP contribution in [0.15, 0.2) is 58.0 Å². The number of primary sulfonamides is 1. The number of alkyl halides is 3. The van der Waals surface area contributed by atoms with Gasteiger partial charge in [0.25, 0.3) is 5.91 Å². The van der Waals surface area contributed by atoms with Gasteiger partial charge in [0.2, 0.25) is 10.0 Å². The number of hydrazone groups is 1. The largest absolute Gasteiger partial charge is 0.490 e. The number of nitrogens with zero attached hydrogens (tertiary/aromatic N) is 2. The number of hydrogen-bond donors (Lipinski definition) is 1. The Balaban J connectivity index is 1.72. The highest BCUT2D eigenvalue weighted by atomic mass is 32.2. The number of sulfonamides is 1. The van der Waals surface area contributed by atoms with Crippen LogP contribution in [-0.2, 0) is 21.2 Å². The predicted octanol–water partition coefficient (Wildman–Crippen LogP) is 3.01. The molecule has 0 saturated carbocycles. The van der Waals surface area contributed by atoms with Gasteiger partial charge in [-0.2, -0.15) is 23.3 Å². The van der Waals surface area contributed by atoms with E-state index in [1.807, 2.05) is 6.92 Å². The average molecular weight is 451 g/mol. The molecular weight excluding hydrogens is 435 g/mol. The third kappa shape index (κ3) is 4.06. The summed E-state index contributed by atoms with van der Waals surface area (Å²) in [6, 6.07) is 9.39. The minimum absolute atomic E-state index is 0.0290. The second kappa shape index (κ2) is 7.20. The van der Waals surface area contributed by atoms with Gasteiger partial charge in [-0.05, 0) is 60.5 Å². The van der Waals surface area contributed by atoms with Gasteiger partial charge in [-0.15, -0.1) is 0 Å². The number of fused-ring (bicyclic) bond motifs is 1. The molecule has 2 N–H and O–H groups in total. The molecular formula is C20H16F3N3O4S. The molecule has 2 aliphatic heterocycles. The lowest BCUT2D eigenvalue weighted by molar-refractivity contribution is -0.114. The van der Waals surface area contributed by atoms with Crippen LogP contribution in [0.3, 0.4) is 0 Å². The maximum Gasteiger partial charge on any atom is 0.435 e. The Labute approximate surface area is 175 Å². The van der Waals surface area contributed by atoms with Crippen molar-refractivity contribution in [2.24, 2.45) is 10.2 Å². The zero-order valence-electron chi connectivity index (χ0n) is 16.1. The summed E-state index contributed by atoms with van der Waals surface area (Å²) >= 11 is 0. The van der Waals surface area contributed by atoms with Crippen LogP contribution in [0.2, 0.25) is 0 Å². The van der Waals surface area contributed by atoms with Crippen LogP contribution in [0.1, 0.15) is 18.1 Å². The van der Waals surface area contributed by atoms with Gasteiger partial charge in [0.1, 0.15) is 11.9 Å². The van der Waals surface area contributed by atoms with Gasteiger partial charge in [0.05, 0.1) is 16.2 Å². The van der Waals surface area contributed by atoms with E-state index in [0.29, 0.717) is 22.7 Å². The molecule has 7 nitrogen and oxygen atoms in total. The lowest BCUT2D eigenvalue weighted by Gasteiger charge is -2.12. The van der Waals surface area contributed by atoms with Crippen molar-refractivity contribution in [3.63, 3.8) is 0 Å². The molecule has 4 rings (SSSR count). The Bertz CT molecular complexity index is 1240. The molecule has 1 amide bonds. The molecule has 11 heteroatoms. The van der Waals surface area contributed by atoms with Crippen LogP contribution in [0.5, 0.6) is 5.75 Å². The maximum absolute atomic E-state index is 13.6. The van der Waals surface area contributed by atoms with E-state index in [1.54, 1.807) is 18.2 Å². The first kappa shape index (κ1) is 21.1. The lowest BCUT2D eigenvalue weighted by Crippen LogP contribution is -2.25. The minimum Gasteiger partial charge on any atom is -0.490 e. The van der Waals surface area contributed by atoms with Gasteiger partial charge in [0.15, 0.2) is 5.71 Å². The van der Waals surface area contributed by atoms with Crippen molar-refractivity contribution in [3.8, 4) is 5.75 Å². The molecule has 0 spiro atoms. The average Bonchev–Trinajstić information content (AvgIpc) is 3.20. The van der Waals surface area contributed by atoms with Crippen LogP contribution in [0.4, 0.5) is 18.9 Å². The first-order chi connectivity index (χ1) is 14.4. The fourth-order valence-corrected chi connectivity index (χ4v) is 3.92. The fourth-order valence-electron chi connectivity index (χ4n) is 3.40. The summed E-state index contributed by atoms with van der Waals surface area (Å²) in [5, 5.41) is 9.07. The molecule has 0 saturated heterocycles. The Hall–Kier alpha value is -3.18. The summed E-state index contributed by atoms with van der Waals surface area (Å²) in [7, 11) is -3.99. The lowest BCUT2D eigenvalue weighted by atomic mass is 10.0. The highest BCUT2D eigenvalue weighted by molar-refractivity contribution is 7.89. The molecule has 0 aromatic heterocycles. The number of anilines is 1. The van der Waals surface area contributed by atoms with E-state index >= 15 is 0 Å². The molecule has 162 valence electrons. The number of carbonyl (C=O) groups excluding carboxylic acids is 1. The van der Waals surface area contributed by atoms with E-state index in [9.17, 15) is 26.4 Å². The highest BCUT2D eigenvalue weighted by Gasteiger charge is 2.46. The van der Waals surface area contributed by atoms with E-state index in [4.69, 9.17) is 9.88 Å². The van der Waals surface area contributed by atoms with Gasteiger partial charge in [0, 0.05) is 6.42 Å². The number of rotatable bonds is 3. The molecule has 2 heterocycles. The summed E-state index contributed by atoms with van der Waals surface area (Å²) in [5.41, 5.74) is -0.733. The van der Waals surface area contributed by atoms with E-state index in [0.717, 1.165) is 35.9 Å². The zero-order valence-corrected chi connectivity index (χ0v) is 16.9. The molecule has 31 heavy (non-hydrogen) atoms. The van der Waals surface area contributed by atoms with Gasteiger partial charge in [-0.1, -0.05) is 6.07 Å². The summed E-state index contributed by atoms with van der Waals surface area (Å²) in [6.45, 7) is 1.88. The van der Waals surface area contributed by atoms with Gasteiger partial charge in [-0.25, -0.2) is 13.6 Å². The number of nitrogens with two attached hydrogens (primary N) is 1. The summed E-state index contributed by atoms with van der Waals surface area (Å²) in [4.78, 5) is 12.6. The van der Waals surface area contributed by atoms with Crippen LogP contribution in [-0.4, -0.2) is 32.3 Å². The molecule has 1 atom stereocenters. The topological polar surface area (TPSA) is 102 Å². The third-order valence-electron chi connectivity index (χ3n) is 4.79. The van der Waals surface area contributed by atoms with Gasteiger partial charge in [-0.3, -0.25) is 4.79 Å². The van der Waals surface area contributed by atoms with Gasteiger partial charge >= 0.3 is 6.18 Å². The Morgan fingerprint density at radius 2 is 1.87 bits per heavy atom. The number of carbonyl (C=O) groups is 1. The normalized spacial score (nSPS) is 20.1. The first-order valence-electron chi connectivity index (χ1n) is 9.08. The van der Waals surface area contributed by atoms with E-state index < -0.39 is 33.4 Å². The second-order valence-electron chi connectivity index (χ2n) is 7.16. The monoisotopic (exact) mass is 451 g/mol. The standard InChI is InChI=1S/C20H16F3N3O4S/c1-11-8-13-9-12(2-7-17(13)30-11)10-16-18(20(21,22)23)25-26(19(16)27)14-3-5-15(6-4-14)31(24,28)29/h2-7,9-11H,8H2,1H3,(H2,24,28,29)/b16-10+/t11-/m0/s1. The zero-order chi connectivity index (χ0) is 22.6. The summed E-state index contributed by atoms with van der Waals surface area (Å²) in [5.74, 6) is -0.325. The van der Waals surface area contributed by atoms with Crippen molar-refractivity contribution in [3.05, 3.63) is 59.2 Å². The maximum atomic E-state index is 13.6. The third-order valence-corrected chi connectivity index (χ3v) is 5.72. The van der Waals surface area contributed by atoms with Crippen molar-refractivity contribution in [1.29, 1.82) is 0 Å². The molecule has 2 aliphatic rings. The number of benzene rings is 2. The van der Waals surface area contributed by atoms with Crippen molar-refractivity contribution in [2.75, 3.05) is 5.01 Å². The van der Waals surface area contributed by atoms with Crippen LogP contribution < -0.4 is 14.9 Å². The van der Waals surface area contributed by atoms with Crippen molar-refractivity contribution >= 4 is 33.4 Å². The SMILES string of the molecule is C[C@H]1Cc2cc(/C=C3/C(=O)N(c4ccc(S(N)(=O)=O)cc4)N=C3C(F)(F)F)ccc2O1. The highest BCUT2D eigenvalue weighted by Crippen LogP contribution is 2.34. The molecule has 0 unspecified atom stereocenters. The van der Waals surface area contributed by atoms with E-state index in [-0.39, 0.29) is 16.7 Å². The molecule has 0 bridgehead atoms. The number of halogens is 3. The van der Waals surface area contributed by atoms with E-state index in [2.05, 4.69) is 5.10 Å². The minimum atomic E-state index is -4.87. The number of amides is 1. The second-order valence-corrected chi connectivity index (χ2v) is 8.72. The van der Waals surface area contributed by atoms with Gasteiger partial charge < -0.3 is 4.74 Å². The number of ether oxygens (including phenoxy) is 1. The Morgan fingerprint density at radius 3 is 2.48 bits per heavy atom.